The van der Waals surface area contributed by atoms with Gasteiger partial charge in [-0.3, -0.25) is 9.20 Å². The highest BCUT2D eigenvalue weighted by atomic mass is 16.5. The zero-order valence-electron chi connectivity index (χ0n) is 10.0. The first-order valence-electron chi connectivity index (χ1n) is 5.25. The van der Waals surface area contributed by atoms with Crippen LogP contribution in [-0.4, -0.2) is 16.5 Å². The average molecular weight is 220 g/mol. The van der Waals surface area contributed by atoms with Crippen LogP contribution in [0.15, 0.2) is 29.2 Å². The van der Waals surface area contributed by atoms with E-state index in [9.17, 15) is 4.79 Å². The summed E-state index contributed by atoms with van der Waals surface area (Å²) in [5, 5.41) is 0. The Kier molecular flexibility index (Phi) is 4.05. The second-order valence-electron chi connectivity index (χ2n) is 3.03. The maximum atomic E-state index is 11.5. The van der Waals surface area contributed by atoms with Crippen molar-refractivity contribution in [1.82, 2.24) is 9.38 Å². The van der Waals surface area contributed by atoms with Crippen molar-refractivity contribution >= 4 is 5.65 Å². The van der Waals surface area contributed by atoms with Gasteiger partial charge in [0.25, 0.3) is 5.56 Å². The van der Waals surface area contributed by atoms with E-state index in [1.807, 2.05) is 13.8 Å². The number of nitrogens with zero attached hydrogens (tertiary/aromatic N) is 2. The number of methoxy groups -OCH3 is 1. The maximum Gasteiger partial charge on any atom is 0.258 e. The lowest BCUT2D eigenvalue weighted by atomic mass is 10.4. The molecule has 0 saturated heterocycles. The third kappa shape index (κ3) is 2.39. The molecular weight excluding hydrogens is 204 g/mol. The van der Waals surface area contributed by atoms with Gasteiger partial charge < -0.3 is 4.74 Å². The fourth-order valence-corrected chi connectivity index (χ4v) is 1.32. The van der Waals surface area contributed by atoms with Crippen LogP contribution in [0.2, 0.25) is 0 Å². The average Bonchev–Trinajstić information content (AvgIpc) is 2.31. The fourth-order valence-electron chi connectivity index (χ4n) is 1.32. The molecule has 86 valence electrons. The van der Waals surface area contributed by atoms with Crippen LogP contribution in [0.3, 0.4) is 0 Å². The zero-order valence-corrected chi connectivity index (χ0v) is 10.0. The van der Waals surface area contributed by atoms with Gasteiger partial charge in [-0.15, -0.1) is 0 Å². The Morgan fingerprint density at radius 1 is 1.31 bits per heavy atom. The number of hydrogen-bond donors (Lipinski definition) is 0. The molecule has 2 rings (SSSR count). The molecule has 0 aromatic carbocycles. The number of rotatable bonds is 1. The molecule has 4 heteroatoms. The second kappa shape index (κ2) is 5.30. The lowest BCUT2D eigenvalue weighted by molar-refractivity contribution is 0.412. The normalized spacial score (nSPS) is 9.50. The lowest BCUT2D eigenvalue weighted by Gasteiger charge is -2.03. The number of aromatic nitrogens is 2. The third-order valence-electron chi connectivity index (χ3n) is 2.00. The third-order valence-corrected chi connectivity index (χ3v) is 2.00. The number of pyridine rings is 1. The van der Waals surface area contributed by atoms with Crippen molar-refractivity contribution in [2.24, 2.45) is 0 Å². The Morgan fingerprint density at radius 3 is 2.62 bits per heavy atom. The van der Waals surface area contributed by atoms with Crippen LogP contribution < -0.4 is 10.3 Å². The predicted octanol–water partition coefficient (Wildman–Crippen LogP) is 2.04. The Labute approximate surface area is 94.5 Å². The van der Waals surface area contributed by atoms with Crippen LogP contribution in [0, 0.1) is 6.92 Å². The van der Waals surface area contributed by atoms with E-state index in [0.717, 1.165) is 5.69 Å². The van der Waals surface area contributed by atoms with Crippen molar-refractivity contribution in [1.29, 1.82) is 0 Å². The van der Waals surface area contributed by atoms with E-state index in [4.69, 9.17) is 4.74 Å². The van der Waals surface area contributed by atoms with Crippen LogP contribution >= 0.6 is 0 Å². The van der Waals surface area contributed by atoms with Crippen molar-refractivity contribution in [3.05, 3.63) is 40.4 Å². The minimum Gasteiger partial charge on any atom is -0.495 e. The van der Waals surface area contributed by atoms with Crippen LogP contribution in [0.1, 0.15) is 19.5 Å². The van der Waals surface area contributed by atoms with Gasteiger partial charge in [0.2, 0.25) is 0 Å². The Balaban J connectivity index is 0.000000606. The first-order chi connectivity index (χ1) is 7.70. The monoisotopic (exact) mass is 220 g/mol. The number of ether oxygens (including phenoxy) is 1. The Bertz CT molecular complexity index is 532. The second-order valence-corrected chi connectivity index (χ2v) is 3.03. The minimum absolute atomic E-state index is 0.0913. The topological polar surface area (TPSA) is 43.6 Å². The minimum atomic E-state index is -0.0913. The Morgan fingerprint density at radius 2 is 2.00 bits per heavy atom. The van der Waals surface area contributed by atoms with Crippen molar-refractivity contribution in [2.75, 3.05) is 7.11 Å². The Hall–Kier alpha value is -1.84. The van der Waals surface area contributed by atoms with Gasteiger partial charge >= 0.3 is 0 Å². The number of hydrogen-bond acceptors (Lipinski definition) is 3. The van der Waals surface area contributed by atoms with E-state index in [-0.39, 0.29) is 5.56 Å². The van der Waals surface area contributed by atoms with Gasteiger partial charge in [-0.1, -0.05) is 13.8 Å². The molecule has 0 atom stereocenters. The van der Waals surface area contributed by atoms with Crippen LogP contribution in [0.25, 0.3) is 5.65 Å². The zero-order chi connectivity index (χ0) is 12.1. The summed E-state index contributed by atoms with van der Waals surface area (Å²) in [5.41, 5.74) is 1.27. The van der Waals surface area contributed by atoms with Gasteiger partial charge in [0.05, 0.1) is 13.3 Å². The molecule has 0 saturated carbocycles. The number of aryl methyl sites for hydroxylation is 1. The highest BCUT2D eigenvalue weighted by Gasteiger charge is 2.00. The van der Waals surface area contributed by atoms with E-state index < -0.39 is 0 Å². The molecule has 2 heterocycles. The van der Waals surface area contributed by atoms with Crippen LogP contribution in [-0.2, 0) is 0 Å². The molecule has 0 aliphatic carbocycles. The molecule has 0 bridgehead atoms. The van der Waals surface area contributed by atoms with E-state index in [1.54, 1.807) is 32.4 Å². The first-order valence-corrected chi connectivity index (χ1v) is 5.25. The maximum absolute atomic E-state index is 11.5. The molecule has 0 radical (unpaired) electrons. The molecular formula is C12H16N2O2. The van der Waals surface area contributed by atoms with E-state index in [0.29, 0.717) is 11.4 Å². The molecule has 16 heavy (non-hydrogen) atoms. The molecule has 0 aliphatic heterocycles. The quantitative estimate of drug-likeness (QED) is 0.738. The highest BCUT2D eigenvalue weighted by Crippen LogP contribution is 2.09. The summed E-state index contributed by atoms with van der Waals surface area (Å²) >= 11 is 0. The van der Waals surface area contributed by atoms with E-state index in [1.165, 1.54) is 10.5 Å². The molecule has 0 aliphatic rings. The molecule has 0 spiro atoms. The van der Waals surface area contributed by atoms with Crippen molar-refractivity contribution in [3.63, 3.8) is 0 Å². The molecule has 0 unspecified atom stereocenters. The smallest absolute Gasteiger partial charge is 0.258 e. The first kappa shape index (κ1) is 12.2. The summed E-state index contributed by atoms with van der Waals surface area (Å²) in [6.07, 6.45) is 1.63. The largest absolute Gasteiger partial charge is 0.495 e. The van der Waals surface area contributed by atoms with Crippen molar-refractivity contribution in [2.45, 2.75) is 20.8 Å². The predicted molar refractivity (Wildman–Crippen MR) is 64.1 cm³/mol. The van der Waals surface area contributed by atoms with E-state index in [2.05, 4.69) is 4.98 Å². The summed E-state index contributed by atoms with van der Waals surface area (Å²) in [5.74, 6) is 0.644. The van der Waals surface area contributed by atoms with Crippen molar-refractivity contribution in [3.8, 4) is 5.75 Å². The van der Waals surface area contributed by atoms with Gasteiger partial charge in [-0.25, -0.2) is 4.98 Å². The summed E-state index contributed by atoms with van der Waals surface area (Å²) in [4.78, 5) is 15.8. The molecule has 0 fully saturated rings. The standard InChI is InChI=1S/C10H10N2O2.C2H6/c1-7-5-10(13)12-6-8(14-2)3-4-9(12)11-7;1-2/h3-6H,1-2H3;1-2H3. The molecule has 4 nitrogen and oxygen atoms in total. The van der Waals surface area contributed by atoms with E-state index >= 15 is 0 Å². The highest BCUT2D eigenvalue weighted by molar-refractivity contribution is 5.41. The van der Waals surface area contributed by atoms with Gasteiger partial charge in [-0.05, 0) is 19.1 Å². The summed E-state index contributed by atoms with van der Waals surface area (Å²) in [6.45, 7) is 5.80. The summed E-state index contributed by atoms with van der Waals surface area (Å²) in [7, 11) is 1.56. The SMILES string of the molecule is CC.COc1ccc2nc(C)cc(=O)n2c1. The molecule has 2 aromatic heterocycles. The van der Waals surface area contributed by atoms with Gasteiger partial charge in [0.15, 0.2) is 0 Å². The van der Waals surface area contributed by atoms with Gasteiger partial charge in [0.1, 0.15) is 11.4 Å². The fraction of sp³-hybridized carbons (Fsp3) is 0.333. The molecule has 0 amide bonds. The lowest BCUT2D eigenvalue weighted by Crippen LogP contribution is -2.14. The molecule has 0 N–H and O–H groups in total. The van der Waals surface area contributed by atoms with Crippen LogP contribution in [0.5, 0.6) is 5.75 Å². The van der Waals surface area contributed by atoms with Gasteiger partial charge in [0, 0.05) is 11.8 Å². The van der Waals surface area contributed by atoms with Gasteiger partial charge in [-0.2, -0.15) is 0 Å². The summed E-state index contributed by atoms with van der Waals surface area (Å²) < 4.78 is 6.48. The molecule has 2 aromatic rings. The number of fused-ring (bicyclic) bond motifs is 1. The van der Waals surface area contributed by atoms with Crippen molar-refractivity contribution < 1.29 is 4.74 Å². The van der Waals surface area contributed by atoms with Crippen LogP contribution in [0.4, 0.5) is 0 Å². The summed E-state index contributed by atoms with van der Waals surface area (Å²) in [6, 6.07) is 5.03.